The molecule has 136 valence electrons. The molecule has 0 saturated carbocycles. The van der Waals surface area contributed by atoms with Gasteiger partial charge in [-0.15, -0.1) is 11.3 Å². The monoisotopic (exact) mass is 377 g/mol. The minimum absolute atomic E-state index is 0.279. The maximum absolute atomic E-state index is 13.6. The fourth-order valence-electron chi connectivity index (χ4n) is 3.43. The number of benzene rings is 2. The first kappa shape index (κ1) is 17.5. The van der Waals surface area contributed by atoms with Crippen molar-refractivity contribution in [1.82, 2.24) is 15.2 Å². The molecule has 0 radical (unpaired) electrons. The molecule has 1 fully saturated rings. The van der Waals surface area contributed by atoms with E-state index in [9.17, 15) is 13.2 Å². The van der Waals surface area contributed by atoms with E-state index in [1.807, 2.05) is 24.3 Å². The molecule has 1 saturated heterocycles. The number of nitrogens with one attached hydrogen (secondary N) is 1. The molecular formula is C19H18F3N3S. The van der Waals surface area contributed by atoms with Gasteiger partial charge in [-0.25, -0.2) is 4.98 Å². The lowest BCUT2D eigenvalue weighted by Crippen LogP contribution is -2.45. The Kier molecular flexibility index (Phi) is 4.69. The van der Waals surface area contributed by atoms with Gasteiger partial charge in [0.1, 0.15) is 5.01 Å². The summed E-state index contributed by atoms with van der Waals surface area (Å²) in [6, 6.07) is 13.1. The van der Waals surface area contributed by atoms with Crippen LogP contribution in [0.4, 0.5) is 13.2 Å². The van der Waals surface area contributed by atoms with Gasteiger partial charge in [-0.3, -0.25) is 4.90 Å². The molecule has 1 unspecified atom stereocenters. The third-order valence-corrected chi connectivity index (χ3v) is 5.71. The third-order valence-electron chi connectivity index (χ3n) is 4.62. The summed E-state index contributed by atoms with van der Waals surface area (Å²) in [4.78, 5) is 6.77. The second-order valence-corrected chi connectivity index (χ2v) is 7.36. The number of fused-ring (bicyclic) bond motifs is 1. The van der Waals surface area contributed by atoms with Crippen LogP contribution in [0.5, 0.6) is 0 Å². The number of thiazole rings is 1. The van der Waals surface area contributed by atoms with Crippen LogP contribution >= 0.6 is 11.3 Å². The van der Waals surface area contributed by atoms with Crippen molar-refractivity contribution >= 4 is 21.6 Å². The Morgan fingerprint density at radius 3 is 2.42 bits per heavy atom. The smallest absolute Gasteiger partial charge is 0.314 e. The third kappa shape index (κ3) is 3.34. The van der Waals surface area contributed by atoms with Gasteiger partial charge >= 0.3 is 6.18 Å². The summed E-state index contributed by atoms with van der Waals surface area (Å²) in [5, 5.41) is 3.98. The predicted octanol–water partition coefficient (Wildman–Crippen LogP) is 4.31. The summed E-state index contributed by atoms with van der Waals surface area (Å²) in [6.45, 7) is 2.89. The quantitative estimate of drug-likeness (QED) is 0.737. The fourth-order valence-corrected chi connectivity index (χ4v) is 4.55. The van der Waals surface area contributed by atoms with Gasteiger partial charge in [-0.1, -0.05) is 30.3 Å². The van der Waals surface area contributed by atoms with E-state index in [4.69, 9.17) is 0 Å². The Labute approximate surface area is 153 Å². The minimum atomic E-state index is -4.39. The summed E-state index contributed by atoms with van der Waals surface area (Å²) in [7, 11) is 0. The summed E-state index contributed by atoms with van der Waals surface area (Å²) < 4.78 is 41.9. The van der Waals surface area contributed by atoms with E-state index < -0.39 is 17.8 Å². The van der Waals surface area contributed by atoms with Gasteiger partial charge in [0.2, 0.25) is 0 Å². The molecule has 0 bridgehead atoms. The Morgan fingerprint density at radius 2 is 1.69 bits per heavy atom. The largest absolute Gasteiger partial charge is 0.416 e. The van der Waals surface area contributed by atoms with Gasteiger partial charge in [-0.05, 0) is 23.8 Å². The summed E-state index contributed by atoms with van der Waals surface area (Å²) in [6.07, 6.45) is -4.39. The molecule has 3 aromatic rings. The van der Waals surface area contributed by atoms with Gasteiger partial charge in [0.25, 0.3) is 0 Å². The van der Waals surface area contributed by atoms with E-state index in [-0.39, 0.29) is 5.56 Å². The molecule has 7 heteroatoms. The normalized spacial score (nSPS) is 17.5. The topological polar surface area (TPSA) is 28.2 Å². The highest BCUT2D eigenvalue weighted by Crippen LogP contribution is 2.41. The summed E-state index contributed by atoms with van der Waals surface area (Å²) in [5.74, 6) is 0. The summed E-state index contributed by atoms with van der Waals surface area (Å²) >= 11 is 1.47. The molecule has 1 aliphatic rings. The first-order valence-corrected chi connectivity index (χ1v) is 9.32. The number of para-hydroxylation sites is 1. The number of rotatable bonds is 3. The van der Waals surface area contributed by atoms with E-state index in [0.29, 0.717) is 18.1 Å². The number of halogens is 3. The highest BCUT2D eigenvalue weighted by molar-refractivity contribution is 7.18. The molecule has 0 amide bonds. The lowest BCUT2D eigenvalue weighted by Gasteiger charge is -2.35. The maximum Gasteiger partial charge on any atom is 0.416 e. The van der Waals surface area contributed by atoms with Crippen molar-refractivity contribution in [2.24, 2.45) is 0 Å². The molecule has 3 nitrogen and oxygen atoms in total. The first-order valence-electron chi connectivity index (χ1n) is 8.50. The lowest BCUT2D eigenvalue weighted by atomic mass is 9.98. The van der Waals surface area contributed by atoms with Crippen molar-refractivity contribution in [3.05, 3.63) is 64.7 Å². The molecule has 1 aliphatic heterocycles. The van der Waals surface area contributed by atoms with Crippen LogP contribution in [0.25, 0.3) is 10.2 Å². The van der Waals surface area contributed by atoms with Crippen molar-refractivity contribution in [2.75, 3.05) is 26.2 Å². The van der Waals surface area contributed by atoms with Gasteiger partial charge < -0.3 is 5.32 Å². The van der Waals surface area contributed by atoms with Crippen LogP contribution in [-0.4, -0.2) is 36.1 Å². The zero-order valence-electron chi connectivity index (χ0n) is 14.0. The van der Waals surface area contributed by atoms with Gasteiger partial charge in [0.05, 0.1) is 21.8 Å². The number of hydrogen-bond donors (Lipinski definition) is 1. The molecule has 1 atom stereocenters. The van der Waals surface area contributed by atoms with E-state index in [1.54, 1.807) is 12.1 Å². The molecule has 1 N–H and O–H groups in total. The van der Waals surface area contributed by atoms with Crippen LogP contribution in [0, 0.1) is 0 Å². The number of piperazine rings is 1. The van der Waals surface area contributed by atoms with Crippen molar-refractivity contribution in [3.8, 4) is 0 Å². The highest BCUT2D eigenvalue weighted by Gasteiger charge is 2.38. The summed E-state index contributed by atoms with van der Waals surface area (Å²) in [5.41, 5.74) is 0.529. The molecule has 2 aromatic carbocycles. The number of aromatic nitrogens is 1. The number of nitrogens with zero attached hydrogens (tertiary/aromatic N) is 2. The Hall–Kier alpha value is -1.96. The van der Waals surface area contributed by atoms with Gasteiger partial charge in [0, 0.05) is 26.2 Å². The van der Waals surface area contributed by atoms with Crippen molar-refractivity contribution in [1.29, 1.82) is 0 Å². The van der Waals surface area contributed by atoms with Crippen LogP contribution in [0.3, 0.4) is 0 Å². The molecule has 26 heavy (non-hydrogen) atoms. The Morgan fingerprint density at radius 1 is 1.00 bits per heavy atom. The number of hydrogen-bond acceptors (Lipinski definition) is 4. The molecule has 1 aromatic heterocycles. The van der Waals surface area contributed by atoms with Crippen LogP contribution in [0.2, 0.25) is 0 Å². The van der Waals surface area contributed by atoms with E-state index in [1.165, 1.54) is 17.4 Å². The highest BCUT2D eigenvalue weighted by atomic mass is 32.1. The van der Waals surface area contributed by atoms with Crippen molar-refractivity contribution < 1.29 is 13.2 Å². The van der Waals surface area contributed by atoms with Crippen molar-refractivity contribution in [2.45, 2.75) is 12.2 Å². The fraction of sp³-hybridized carbons (Fsp3) is 0.316. The average molecular weight is 377 g/mol. The average Bonchev–Trinajstić information content (AvgIpc) is 3.06. The Balaban J connectivity index is 1.86. The zero-order valence-corrected chi connectivity index (χ0v) is 14.8. The standard InChI is InChI=1S/C19H18F3N3S/c20-19(21,22)14-6-2-1-5-13(14)17(25-11-9-23-10-12-25)18-24-15-7-3-4-8-16(15)26-18/h1-8,17,23H,9-12H2. The van der Waals surface area contributed by atoms with E-state index >= 15 is 0 Å². The van der Waals surface area contributed by atoms with E-state index in [0.717, 1.165) is 29.4 Å². The zero-order chi connectivity index (χ0) is 18.1. The predicted molar refractivity (Wildman–Crippen MR) is 97.3 cm³/mol. The van der Waals surface area contributed by atoms with Gasteiger partial charge in [0.15, 0.2) is 0 Å². The SMILES string of the molecule is FC(F)(F)c1ccccc1C(c1nc2ccccc2s1)N1CCNCC1. The van der Waals surface area contributed by atoms with Gasteiger partial charge in [-0.2, -0.15) is 13.2 Å². The van der Waals surface area contributed by atoms with Crippen LogP contribution in [0.15, 0.2) is 48.5 Å². The molecule has 2 heterocycles. The molecule has 0 spiro atoms. The Bertz CT molecular complexity index is 867. The lowest BCUT2D eigenvalue weighted by molar-refractivity contribution is -0.138. The van der Waals surface area contributed by atoms with Crippen LogP contribution < -0.4 is 5.32 Å². The van der Waals surface area contributed by atoms with Crippen LogP contribution in [0.1, 0.15) is 22.2 Å². The van der Waals surface area contributed by atoms with E-state index in [2.05, 4.69) is 15.2 Å². The second-order valence-electron chi connectivity index (χ2n) is 6.29. The molecule has 4 rings (SSSR count). The number of alkyl halides is 3. The first-order chi connectivity index (χ1) is 12.5. The maximum atomic E-state index is 13.6. The minimum Gasteiger partial charge on any atom is -0.314 e. The second kappa shape index (κ2) is 6.98. The molecule has 0 aliphatic carbocycles. The molecular weight excluding hydrogens is 359 g/mol. The van der Waals surface area contributed by atoms with Crippen LogP contribution in [-0.2, 0) is 6.18 Å². The van der Waals surface area contributed by atoms with Crippen molar-refractivity contribution in [3.63, 3.8) is 0 Å².